The fourth-order valence-corrected chi connectivity index (χ4v) is 5.56. The molecule has 0 spiro atoms. The lowest BCUT2D eigenvalue weighted by Crippen LogP contribution is -2.56. The Balaban J connectivity index is 1.32. The molecular weight excluding hydrogens is 362 g/mol. The highest BCUT2D eigenvalue weighted by Crippen LogP contribution is 2.38. The summed E-state index contributed by atoms with van der Waals surface area (Å²) in [7, 11) is 0. The first kappa shape index (κ1) is 19.1. The zero-order chi connectivity index (χ0) is 19.8. The van der Waals surface area contributed by atoms with Gasteiger partial charge in [0.05, 0.1) is 0 Å². The van der Waals surface area contributed by atoms with Crippen LogP contribution in [0.2, 0.25) is 0 Å². The Morgan fingerprint density at radius 3 is 2.24 bits per heavy atom. The Labute approximate surface area is 174 Å². The molecule has 5 nitrogen and oxygen atoms in total. The van der Waals surface area contributed by atoms with Crippen LogP contribution in [0, 0.1) is 5.92 Å². The highest BCUT2D eigenvalue weighted by atomic mass is 16.2. The van der Waals surface area contributed by atoms with Crippen molar-refractivity contribution < 1.29 is 9.59 Å². The minimum absolute atomic E-state index is 0.134. The minimum atomic E-state index is -0.422. The van der Waals surface area contributed by atoms with E-state index < -0.39 is 6.04 Å². The van der Waals surface area contributed by atoms with Crippen LogP contribution >= 0.6 is 0 Å². The molecule has 5 heteroatoms. The summed E-state index contributed by atoms with van der Waals surface area (Å²) in [6, 6.07) is 8.52. The van der Waals surface area contributed by atoms with Crippen molar-refractivity contribution in [3.05, 3.63) is 35.4 Å². The number of carbonyl (C=O) groups is 2. The summed E-state index contributed by atoms with van der Waals surface area (Å²) in [6.07, 6.45) is 9.52. The fourth-order valence-electron chi connectivity index (χ4n) is 5.56. The lowest BCUT2D eigenvalue weighted by atomic mass is 9.91. The molecule has 1 aromatic carbocycles. The van der Waals surface area contributed by atoms with Gasteiger partial charge in [0, 0.05) is 44.7 Å². The first-order valence-electron chi connectivity index (χ1n) is 11.6. The second-order valence-electron chi connectivity index (χ2n) is 9.31. The molecule has 2 aliphatic carbocycles. The summed E-state index contributed by atoms with van der Waals surface area (Å²) in [6.45, 7) is 4.20. The summed E-state index contributed by atoms with van der Waals surface area (Å²) in [5.74, 6) is 0.479. The lowest BCUT2D eigenvalue weighted by Gasteiger charge is -2.44. The molecule has 2 amide bonds. The molecule has 0 N–H and O–H groups in total. The van der Waals surface area contributed by atoms with E-state index in [1.54, 1.807) is 0 Å². The van der Waals surface area contributed by atoms with E-state index in [0.717, 1.165) is 51.0 Å². The highest BCUT2D eigenvalue weighted by Gasteiger charge is 2.43. The number of hydrogen-bond donors (Lipinski definition) is 0. The highest BCUT2D eigenvalue weighted by molar-refractivity contribution is 5.91. The quantitative estimate of drug-likeness (QED) is 0.790. The number of piperazine rings is 1. The normalized spacial score (nSPS) is 26.3. The van der Waals surface area contributed by atoms with Gasteiger partial charge in [0.1, 0.15) is 6.04 Å². The smallest absolute Gasteiger partial charge is 0.250 e. The van der Waals surface area contributed by atoms with Crippen LogP contribution in [0.4, 0.5) is 0 Å². The van der Waals surface area contributed by atoms with Crippen LogP contribution < -0.4 is 0 Å². The van der Waals surface area contributed by atoms with E-state index in [1.807, 2.05) is 21.9 Å². The molecule has 1 unspecified atom stereocenters. The molecule has 4 aliphatic rings. The Hall–Kier alpha value is -1.88. The van der Waals surface area contributed by atoms with Crippen molar-refractivity contribution in [2.45, 2.75) is 63.5 Å². The summed E-state index contributed by atoms with van der Waals surface area (Å²) in [5, 5.41) is 0. The third kappa shape index (κ3) is 3.81. The fraction of sp³-hybridized carbons (Fsp3) is 0.667. The SMILES string of the molecule is O=C(C1c2ccccc2CCN1C(=O)C1CC1)N1CCN(C2CCCCC2)CC1. The van der Waals surface area contributed by atoms with Crippen LogP contribution in [0.3, 0.4) is 0 Å². The maximum Gasteiger partial charge on any atom is 0.250 e. The second kappa shape index (κ2) is 8.10. The lowest BCUT2D eigenvalue weighted by molar-refractivity contribution is -0.148. The molecule has 0 aromatic heterocycles. The predicted octanol–water partition coefficient (Wildman–Crippen LogP) is 3.00. The minimum Gasteiger partial charge on any atom is -0.338 e. The molecule has 2 heterocycles. The van der Waals surface area contributed by atoms with Crippen molar-refractivity contribution in [1.29, 1.82) is 0 Å². The predicted molar refractivity (Wildman–Crippen MR) is 112 cm³/mol. The number of amides is 2. The second-order valence-corrected chi connectivity index (χ2v) is 9.31. The van der Waals surface area contributed by atoms with E-state index in [4.69, 9.17) is 0 Å². The molecule has 29 heavy (non-hydrogen) atoms. The van der Waals surface area contributed by atoms with Gasteiger partial charge in [0.15, 0.2) is 0 Å². The molecule has 0 bridgehead atoms. The molecule has 156 valence electrons. The zero-order valence-corrected chi connectivity index (χ0v) is 17.4. The third-order valence-corrected chi connectivity index (χ3v) is 7.44. The van der Waals surface area contributed by atoms with E-state index in [1.165, 1.54) is 37.7 Å². The van der Waals surface area contributed by atoms with Gasteiger partial charge in [-0.3, -0.25) is 14.5 Å². The molecule has 3 fully saturated rings. The summed E-state index contributed by atoms with van der Waals surface area (Å²) >= 11 is 0. The monoisotopic (exact) mass is 395 g/mol. The number of rotatable bonds is 3. The number of carbonyl (C=O) groups excluding carboxylic acids is 2. The number of hydrogen-bond acceptors (Lipinski definition) is 3. The number of nitrogens with zero attached hydrogens (tertiary/aromatic N) is 3. The molecule has 1 atom stereocenters. The van der Waals surface area contributed by atoms with Crippen LogP contribution in [-0.4, -0.2) is 65.3 Å². The number of fused-ring (bicyclic) bond motifs is 1. The van der Waals surface area contributed by atoms with Crippen LogP contribution in [-0.2, 0) is 16.0 Å². The van der Waals surface area contributed by atoms with E-state index in [-0.39, 0.29) is 17.7 Å². The maximum absolute atomic E-state index is 13.7. The average molecular weight is 396 g/mol. The van der Waals surface area contributed by atoms with Crippen molar-refractivity contribution >= 4 is 11.8 Å². The van der Waals surface area contributed by atoms with Crippen LogP contribution in [0.1, 0.15) is 62.1 Å². The Morgan fingerprint density at radius 2 is 1.52 bits per heavy atom. The molecule has 2 aliphatic heterocycles. The first-order chi connectivity index (χ1) is 14.2. The van der Waals surface area contributed by atoms with Gasteiger partial charge in [0.2, 0.25) is 11.8 Å². The zero-order valence-electron chi connectivity index (χ0n) is 17.4. The molecule has 5 rings (SSSR count). The van der Waals surface area contributed by atoms with Gasteiger partial charge in [-0.05, 0) is 43.2 Å². The Kier molecular flexibility index (Phi) is 5.33. The largest absolute Gasteiger partial charge is 0.338 e. The first-order valence-corrected chi connectivity index (χ1v) is 11.6. The van der Waals surface area contributed by atoms with E-state index in [0.29, 0.717) is 12.6 Å². The van der Waals surface area contributed by atoms with Crippen molar-refractivity contribution in [1.82, 2.24) is 14.7 Å². The molecule has 0 radical (unpaired) electrons. The van der Waals surface area contributed by atoms with Gasteiger partial charge >= 0.3 is 0 Å². The van der Waals surface area contributed by atoms with Crippen molar-refractivity contribution in [3.63, 3.8) is 0 Å². The van der Waals surface area contributed by atoms with Crippen LogP contribution in [0.5, 0.6) is 0 Å². The van der Waals surface area contributed by atoms with Crippen molar-refractivity contribution in [2.75, 3.05) is 32.7 Å². The van der Waals surface area contributed by atoms with Crippen LogP contribution in [0.25, 0.3) is 0 Å². The van der Waals surface area contributed by atoms with Crippen molar-refractivity contribution in [3.8, 4) is 0 Å². The van der Waals surface area contributed by atoms with E-state index in [9.17, 15) is 9.59 Å². The van der Waals surface area contributed by atoms with Gasteiger partial charge in [-0.15, -0.1) is 0 Å². The van der Waals surface area contributed by atoms with Gasteiger partial charge < -0.3 is 9.80 Å². The van der Waals surface area contributed by atoms with Gasteiger partial charge in [-0.2, -0.15) is 0 Å². The Bertz CT molecular complexity index is 761. The standard InChI is InChI=1S/C24H33N3O2/c28-23(19-10-11-19)27-13-12-18-6-4-5-9-21(18)22(27)24(29)26-16-14-25(15-17-26)20-7-2-1-3-8-20/h4-6,9,19-20,22H,1-3,7-8,10-17H2. The molecule has 1 aromatic rings. The molecular formula is C24H33N3O2. The van der Waals surface area contributed by atoms with Crippen LogP contribution in [0.15, 0.2) is 24.3 Å². The molecule has 2 saturated carbocycles. The van der Waals surface area contributed by atoms with Gasteiger partial charge in [0.25, 0.3) is 0 Å². The van der Waals surface area contributed by atoms with Crippen molar-refractivity contribution in [2.24, 2.45) is 5.92 Å². The molecule has 1 saturated heterocycles. The third-order valence-electron chi connectivity index (χ3n) is 7.44. The van der Waals surface area contributed by atoms with E-state index in [2.05, 4.69) is 17.0 Å². The summed E-state index contributed by atoms with van der Waals surface area (Å²) in [4.78, 5) is 33.2. The van der Waals surface area contributed by atoms with E-state index >= 15 is 0 Å². The topological polar surface area (TPSA) is 43.9 Å². The average Bonchev–Trinajstić information content (AvgIpc) is 3.64. The Morgan fingerprint density at radius 1 is 0.793 bits per heavy atom. The maximum atomic E-state index is 13.7. The summed E-state index contributed by atoms with van der Waals surface area (Å²) in [5.41, 5.74) is 2.28. The summed E-state index contributed by atoms with van der Waals surface area (Å²) < 4.78 is 0. The number of benzene rings is 1. The van der Waals surface area contributed by atoms with Gasteiger partial charge in [-0.1, -0.05) is 43.5 Å². The van der Waals surface area contributed by atoms with Gasteiger partial charge in [-0.25, -0.2) is 0 Å².